The molecule has 16 heavy (non-hydrogen) atoms. The Bertz CT molecular complexity index is 385. The summed E-state index contributed by atoms with van der Waals surface area (Å²) in [5.74, 6) is 1.23. The van der Waals surface area contributed by atoms with E-state index in [0.29, 0.717) is 5.95 Å². The number of hydrogen-bond donors (Lipinski definition) is 1. The highest BCUT2D eigenvalue weighted by molar-refractivity contribution is 5.52. The summed E-state index contributed by atoms with van der Waals surface area (Å²) in [5, 5.41) is 0. The van der Waals surface area contributed by atoms with E-state index in [2.05, 4.69) is 16.9 Å². The number of anilines is 2. The van der Waals surface area contributed by atoms with E-state index < -0.39 is 0 Å². The van der Waals surface area contributed by atoms with Gasteiger partial charge in [0.25, 0.3) is 0 Å². The van der Waals surface area contributed by atoms with Gasteiger partial charge in [-0.05, 0) is 20.3 Å². The molecule has 0 saturated heterocycles. The fourth-order valence-corrected chi connectivity index (χ4v) is 1.69. The largest absolute Gasteiger partial charge is 0.368 e. The Morgan fingerprint density at radius 2 is 2.06 bits per heavy atom. The third-order valence-corrected chi connectivity index (χ3v) is 2.43. The van der Waals surface area contributed by atoms with Crippen molar-refractivity contribution in [2.45, 2.75) is 33.6 Å². The van der Waals surface area contributed by atoms with Gasteiger partial charge in [0.15, 0.2) is 0 Å². The van der Waals surface area contributed by atoms with E-state index in [4.69, 9.17) is 5.73 Å². The smallest absolute Gasteiger partial charge is 0.222 e. The average molecular weight is 220 g/mol. The van der Waals surface area contributed by atoms with Crippen LogP contribution >= 0.6 is 0 Å². The molecular formula is C12H20N4. The Hall–Kier alpha value is -1.58. The minimum Gasteiger partial charge on any atom is -0.368 e. The zero-order chi connectivity index (χ0) is 12.1. The predicted molar refractivity (Wildman–Crippen MR) is 68.4 cm³/mol. The summed E-state index contributed by atoms with van der Waals surface area (Å²) in [6, 6.07) is 0. The van der Waals surface area contributed by atoms with Gasteiger partial charge in [-0.1, -0.05) is 19.4 Å². The molecule has 0 aliphatic rings. The molecule has 4 heteroatoms. The molecule has 0 radical (unpaired) electrons. The van der Waals surface area contributed by atoms with Gasteiger partial charge in [0.2, 0.25) is 5.95 Å². The Morgan fingerprint density at radius 1 is 1.38 bits per heavy atom. The Kier molecular flexibility index (Phi) is 4.28. The van der Waals surface area contributed by atoms with Crippen molar-refractivity contribution in [1.82, 2.24) is 9.97 Å². The standard InChI is InChI=1S/C12H20N4/c1-5-7-10-9(3)11(15-12(13)14-10)16(4)8-6-2/h6,8H,5,7H2,1-4H3,(H2,13,14,15). The Balaban J connectivity index is 3.17. The van der Waals surface area contributed by atoms with E-state index >= 15 is 0 Å². The predicted octanol–water partition coefficient (Wildman–Crippen LogP) is 2.29. The van der Waals surface area contributed by atoms with E-state index in [-0.39, 0.29) is 0 Å². The normalized spacial score (nSPS) is 11.0. The molecular weight excluding hydrogens is 200 g/mol. The van der Waals surface area contributed by atoms with Gasteiger partial charge in [0.05, 0.1) is 5.69 Å². The third kappa shape index (κ3) is 2.72. The molecule has 1 rings (SSSR count). The summed E-state index contributed by atoms with van der Waals surface area (Å²) in [7, 11) is 1.96. The van der Waals surface area contributed by atoms with Crippen LogP contribution in [-0.2, 0) is 6.42 Å². The molecule has 0 fully saturated rings. The molecule has 0 aliphatic heterocycles. The molecule has 0 spiro atoms. The second-order valence-electron chi connectivity index (χ2n) is 3.82. The topological polar surface area (TPSA) is 55.0 Å². The number of aromatic nitrogens is 2. The quantitative estimate of drug-likeness (QED) is 0.845. The molecule has 1 heterocycles. The third-order valence-electron chi connectivity index (χ3n) is 2.43. The van der Waals surface area contributed by atoms with Gasteiger partial charge in [0, 0.05) is 18.8 Å². The van der Waals surface area contributed by atoms with Gasteiger partial charge in [-0.2, -0.15) is 4.98 Å². The molecule has 88 valence electrons. The Labute approximate surface area is 97.2 Å². The second-order valence-corrected chi connectivity index (χ2v) is 3.82. The molecule has 1 aromatic rings. The van der Waals surface area contributed by atoms with Crippen molar-refractivity contribution >= 4 is 11.8 Å². The minimum absolute atomic E-state index is 0.348. The first kappa shape index (κ1) is 12.5. The molecule has 2 N–H and O–H groups in total. The summed E-state index contributed by atoms with van der Waals surface area (Å²) in [6.45, 7) is 6.15. The highest BCUT2D eigenvalue weighted by atomic mass is 15.2. The van der Waals surface area contributed by atoms with Gasteiger partial charge in [-0.15, -0.1) is 0 Å². The van der Waals surface area contributed by atoms with Crippen molar-refractivity contribution in [2.75, 3.05) is 17.7 Å². The fraction of sp³-hybridized carbons (Fsp3) is 0.500. The lowest BCUT2D eigenvalue weighted by molar-refractivity contribution is 0.859. The van der Waals surface area contributed by atoms with Crippen LogP contribution < -0.4 is 10.6 Å². The van der Waals surface area contributed by atoms with E-state index in [0.717, 1.165) is 29.9 Å². The van der Waals surface area contributed by atoms with Crippen molar-refractivity contribution in [3.05, 3.63) is 23.5 Å². The van der Waals surface area contributed by atoms with E-state index in [1.54, 1.807) is 0 Å². The van der Waals surface area contributed by atoms with Crippen LogP contribution in [0.15, 0.2) is 12.3 Å². The molecule has 0 amide bonds. The monoisotopic (exact) mass is 220 g/mol. The van der Waals surface area contributed by atoms with Gasteiger partial charge in [0.1, 0.15) is 5.82 Å². The minimum atomic E-state index is 0.348. The molecule has 0 aliphatic carbocycles. The van der Waals surface area contributed by atoms with E-state index in [9.17, 15) is 0 Å². The van der Waals surface area contributed by atoms with Gasteiger partial charge in [-0.25, -0.2) is 4.98 Å². The zero-order valence-electron chi connectivity index (χ0n) is 10.5. The average Bonchev–Trinajstić information content (AvgIpc) is 2.23. The van der Waals surface area contributed by atoms with Crippen molar-refractivity contribution < 1.29 is 0 Å². The Morgan fingerprint density at radius 3 is 2.62 bits per heavy atom. The van der Waals surface area contributed by atoms with Crippen LogP contribution in [0.25, 0.3) is 0 Å². The molecule has 0 aromatic carbocycles. The van der Waals surface area contributed by atoms with Gasteiger partial charge < -0.3 is 10.6 Å². The lowest BCUT2D eigenvalue weighted by atomic mass is 10.1. The van der Waals surface area contributed by atoms with Gasteiger partial charge >= 0.3 is 0 Å². The van der Waals surface area contributed by atoms with Crippen LogP contribution in [0.2, 0.25) is 0 Å². The van der Waals surface area contributed by atoms with E-state index in [1.807, 2.05) is 38.1 Å². The summed E-state index contributed by atoms with van der Waals surface area (Å²) >= 11 is 0. The first-order chi connectivity index (χ1) is 7.60. The summed E-state index contributed by atoms with van der Waals surface area (Å²) < 4.78 is 0. The number of nitrogen functional groups attached to an aromatic ring is 1. The number of nitrogens with two attached hydrogens (primary N) is 1. The van der Waals surface area contributed by atoms with Crippen molar-refractivity contribution in [1.29, 1.82) is 0 Å². The van der Waals surface area contributed by atoms with Crippen molar-refractivity contribution in [3.63, 3.8) is 0 Å². The van der Waals surface area contributed by atoms with Crippen molar-refractivity contribution in [2.24, 2.45) is 0 Å². The highest BCUT2D eigenvalue weighted by Gasteiger charge is 2.10. The first-order valence-electron chi connectivity index (χ1n) is 5.58. The summed E-state index contributed by atoms with van der Waals surface area (Å²) in [5.41, 5.74) is 7.87. The number of aryl methyl sites for hydroxylation is 1. The highest BCUT2D eigenvalue weighted by Crippen LogP contribution is 2.21. The maximum atomic E-state index is 5.72. The fourth-order valence-electron chi connectivity index (χ4n) is 1.69. The lowest BCUT2D eigenvalue weighted by Crippen LogP contribution is -2.15. The maximum Gasteiger partial charge on any atom is 0.222 e. The lowest BCUT2D eigenvalue weighted by Gasteiger charge is -2.17. The number of hydrogen-bond acceptors (Lipinski definition) is 4. The molecule has 0 saturated carbocycles. The van der Waals surface area contributed by atoms with Crippen molar-refractivity contribution in [3.8, 4) is 0 Å². The van der Waals surface area contributed by atoms with Crippen LogP contribution in [-0.4, -0.2) is 17.0 Å². The zero-order valence-corrected chi connectivity index (χ0v) is 10.5. The number of rotatable bonds is 4. The summed E-state index contributed by atoms with van der Waals surface area (Å²) in [6.07, 6.45) is 5.93. The molecule has 1 aromatic heterocycles. The second kappa shape index (κ2) is 5.49. The number of nitrogens with zero attached hydrogens (tertiary/aromatic N) is 3. The maximum absolute atomic E-state index is 5.72. The van der Waals surface area contributed by atoms with Gasteiger partial charge in [-0.3, -0.25) is 0 Å². The number of allylic oxidation sites excluding steroid dienone is 1. The van der Waals surface area contributed by atoms with Crippen LogP contribution in [0.4, 0.5) is 11.8 Å². The molecule has 0 atom stereocenters. The molecule has 0 unspecified atom stereocenters. The van der Waals surface area contributed by atoms with Crippen LogP contribution in [0.5, 0.6) is 0 Å². The summed E-state index contributed by atoms with van der Waals surface area (Å²) in [4.78, 5) is 10.5. The van der Waals surface area contributed by atoms with Crippen LogP contribution in [0.3, 0.4) is 0 Å². The molecule has 4 nitrogen and oxygen atoms in total. The van der Waals surface area contributed by atoms with E-state index in [1.165, 1.54) is 0 Å². The van der Waals surface area contributed by atoms with Crippen LogP contribution in [0.1, 0.15) is 31.5 Å². The molecule has 0 bridgehead atoms. The van der Waals surface area contributed by atoms with Crippen LogP contribution in [0, 0.1) is 6.92 Å². The first-order valence-corrected chi connectivity index (χ1v) is 5.58. The SMILES string of the molecule is CC=CN(C)c1nc(N)nc(CCC)c1C.